The van der Waals surface area contributed by atoms with Gasteiger partial charge >= 0.3 is 5.97 Å². The van der Waals surface area contributed by atoms with E-state index >= 15 is 0 Å². The minimum Gasteiger partial charge on any atom is -0.469 e. The quantitative estimate of drug-likeness (QED) is 0.788. The molecule has 0 heterocycles. The van der Waals surface area contributed by atoms with E-state index in [1.54, 1.807) is 0 Å². The van der Waals surface area contributed by atoms with Crippen molar-refractivity contribution in [3.8, 4) is 6.07 Å². The van der Waals surface area contributed by atoms with Gasteiger partial charge in [-0.25, -0.2) is 0 Å². The Morgan fingerprint density at radius 3 is 2.65 bits per heavy atom. The third kappa shape index (κ3) is 4.15. The minimum atomic E-state index is -0.224. The third-order valence-electron chi connectivity index (χ3n) is 2.45. The monoisotopic (exact) mass is 232 g/mol. The number of nitriles is 1. The van der Waals surface area contributed by atoms with Gasteiger partial charge in [0.05, 0.1) is 25.5 Å². The van der Waals surface area contributed by atoms with Crippen LogP contribution in [0, 0.1) is 17.2 Å². The number of methoxy groups -OCH3 is 1. The average molecular weight is 232 g/mol. The molecule has 1 unspecified atom stereocenters. The Balaban J connectivity index is 2.47. The van der Waals surface area contributed by atoms with Crippen LogP contribution in [0.2, 0.25) is 0 Å². The Morgan fingerprint density at radius 2 is 2.12 bits per heavy atom. The predicted molar refractivity (Wildman–Crippen MR) is 65.4 cm³/mol. The van der Waals surface area contributed by atoms with Gasteiger partial charge in [-0.2, -0.15) is 5.26 Å². The second-order valence-electron chi connectivity index (χ2n) is 3.84. The topological polar surface area (TPSA) is 62.1 Å². The molecule has 17 heavy (non-hydrogen) atoms. The molecule has 1 N–H and O–H groups in total. The summed E-state index contributed by atoms with van der Waals surface area (Å²) in [4.78, 5) is 11.2. The summed E-state index contributed by atoms with van der Waals surface area (Å²) in [5.41, 5.74) is 1.92. The largest absolute Gasteiger partial charge is 0.469 e. The van der Waals surface area contributed by atoms with Crippen molar-refractivity contribution in [3.63, 3.8) is 0 Å². The van der Waals surface area contributed by atoms with Crippen molar-refractivity contribution in [2.75, 3.05) is 19.0 Å². The van der Waals surface area contributed by atoms with Gasteiger partial charge in [0.2, 0.25) is 0 Å². The second-order valence-corrected chi connectivity index (χ2v) is 3.84. The van der Waals surface area contributed by atoms with E-state index in [1.165, 1.54) is 7.11 Å². The first-order valence-electron chi connectivity index (χ1n) is 5.45. The van der Waals surface area contributed by atoms with Crippen molar-refractivity contribution in [2.45, 2.75) is 13.3 Å². The highest BCUT2D eigenvalue weighted by atomic mass is 16.5. The number of benzene rings is 1. The number of carbonyl (C=O) groups excluding carboxylic acids is 1. The number of hydrogen-bond acceptors (Lipinski definition) is 4. The van der Waals surface area contributed by atoms with E-state index < -0.39 is 0 Å². The number of nitrogens with zero attached hydrogens (tertiary/aromatic N) is 1. The van der Waals surface area contributed by atoms with Crippen LogP contribution in [0.5, 0.6) is 0 Å². The van der Waals surface area contributed by atoms with Crippen molar-refractivity contribution in [1.82, 2.24) is 0 Å². The number of hydrogen-bond donors (Lipinski definition) is 1. The van der Waals surface area contributed by atoms with E-state index in [4.69, 9.17) is 5.26 Å². The highest BCUT2D eigenvalue weighted by Gasteiger charge is 2.12. The minimum absolute atomic E-state index is 0.182. The lowest BCUT2D eigenvalue weighted by Crippen LogP contribution is -2.21. The molecule has 1 aromatic carbocycles. The fourth-order valence-electron chi connectivity index (χ4n) is 1.39. The van der Waals surface area contributed by atoms with E-state index in [-0.39, 0.29) is 11.9 Å². The van der Waals surface area contributed by atoms with Crippen LogP contribution in [-0.2, 0) is 16.0 Å². The summed E-state index contributed by atoms with van der Waals surface area (Å²) < 4.78 is 4.64. The summed E-state index contributed by atoms with van der Waals surface area (Å²) in [7, 11) is 1.38. The van der Waals surface area contributed by atoms with Crippen molar-refractivity contribution in [2.24, 2.45) is 5.92 Å². The maximum absolute atomic E-state index is 11.2. The van der Waals surface area contributed by atoms with Crippen molar-refractivity contribution in [3.05, 3.63) is 29.8 Å². The number of anilines is 1. The first-order valence-corrected chi connectivity index (χ1v) is 5.45. The van der Waals surface area contributed by atoms with Gasteiger partial charge in [-0.05, 0) is 17.7 Å². The Kier molecular flexibility index (Phi) is 5.02. The zero-order chi connectivity index (χ0) is 12.7. The summed E-state index contributed by atoms with van der Waals surface area (Å²) in [6, 6.07) is 9.69. The summed E-state index contributed by atoms with van der Waals surface area (Å²) in [6.45, 7) is 2.34. The molecule has 1 rings (SSSR count). The normalized spacial score (nSPS) is 11.4. The smallest absolute Gasteiger partial charge is 0.310 e. The van der Waals surface area contributed by atoms with Gasteiger partial charge in [-0.1, -0.05) is 19.1 Å². The lowest BCUT2D eigenvalue weighted by molar-refractivity contribution is -0.144. The van der Waals surface area contributed by atoms with Gasteiger partial charge in [-0.3, -0.25) is 4.79 Å². The molecule has 0 aromatic heterocycles. The number of rotatable bonds is 5. The van der Waals surface area contributed by atoms with Crippen molar-refractivity contribution in [1.29, 1.82) is 5.26 Å². The first kappa shape index (κ1) is 13.0. The molecular formula is C13H16N2O2. The molecule has 0 amide bonds. The van der Waals surface area contributed by atoms with Gasteiger partial charge in [-0.15, -0.1) is 0 Å². The Labute approximate surface area is 101 Å². The maximum Gasteiger partial charge on any atom is 0.310 e. The standard InChI is InChI=1S/C13H16N2O2/c1-10(13(16)17-2)9-15-12-5-3-11(4-6-12)7-8-14/h3-6,10,15H,7,9H2,1-2H3. The number of esters is 1. The summed E-state index contributed by atoms with van der Waals surface area (Å²) in [6.07, 6.45) is 0.416. The Hall–Kier alpha value is -2.02. The van der Waals surface area contributed by atoms with Crippen LogP contribution in [0.1, 0.15) is 12.5 Å². The lowest BCUT2D eigenvalue weighted by Gasteiger charge is -2.11. The van der Waals surface area contributed by atoms with Crippen LogP contribution in [0.25, 0.3) is 0 Å². The molecule has 0 fully saturated rings. The zero-order valence-electron chi connectivity index (χ0n) is 10.1. The molecule has 0 saturated carbocycles. The summed E-state index contributed by atoms with van der Waals surface area (Å²) >= 11 is 0. The van der Waals surface area contributed by atoms with Crippen LogP contribution in [0.15, 0.2) is 24.3 Å². The molecule has 0 aliphatic heterocycles. The molecule has 1 aromatic rings. The molecule has 1 atom stereocenters. The molecule has 0 aliphatic rings. The predicted octanol–water partition coefficient (Wildman–Crippen LogP) is 1.97. The van der Waals surface area contributed by atoms with Gasteiger partial charge in [0, 0.05) is 12.2 Å². The number of carbonyl (C=O) groups is 1. The molecule has 0 spiro atoms. The molecule has 0 radical (unpaired) electrons. The Bertz CT molecular complexity index is 406. The van der Waals surface area contributed by atoms with Crippen LogP contribution >= 0.6 is 0 Å². The van der Waals surface area contributed by atoms with E-state index in [2.05, 4.69) is 16.1 Å². The van der Waals surface area contributed by atoms with Gasteiger partial charge < -0.3 is 10.1 Å². The highest BCUT2D eigenvalue weighted by molar-refractivity contribution is 5.72. The SMILES string of the molecule is COC(=O)C(C)CNc1ccc(CC#N)cc1. The number of ether oxygens (including phenoxy) is 1. The average Bonchev–Trinajstić information content (AvgIpc) is 2.37. The fraction of sp³-hybridized carbons (Fsp3) is 0.385. The van der Waals surface area contributed by atoms with Crippen LogP contribution < -0.4 is 5.32 Å². The fourth-order valence-corrected chi connectivity index (χ4v) is 1.39. The highest BCUT2D eigenvalue weighted by Crippen LogP contribution is 2.10. The molecule has 0 aliphatic carbocycles. The molecule has 4 heteroatoms. The first-order chi connectivity index (χ1) is 8.17. The van der Waals surface area contributed by atoms with Crippen molar-refractivity contribution < 1.29 is 9.53 Å². The van der Waals surface area contributed by atoms with Gasteiger partial charge in [0.15, 0.2) is 0 Å². The summed E-state index contributed by atoms with van der Waals surface area (Å²) in [5, 5.41) is 11.7. The van der Waals surface area contributed by atoms with Gasteiger partial charge in [0.25, 0.3) is 0 Å². The van der Waals surface area contributed by atoms with Crippen molar-refractivity contribution >= 4 is 11.7 Å². The van der Waals surface area contributed by atoms with E-state index in [0.717, 1.165) is 11.3 Å². The van der Waals surface area contributed by atoms with E-state index in [1.807, 2.05) is 31.2 Å². The molecule has 0 saturated heterocycles. The van der Waals surface area contributed by atoms with Gasteiger partial charge in [0.1, 0.15) is 0 Å². The van der Waals surface area contributed by atoms with E-state index in [9.17, 15) is 4.79 Å². The van der Waals surface area contributed by atoms with Crippen LogP contribution in [-0.4, -0.2) is 19.6 Å². The van der Waals surface area contributed by atoms with Crippen LogP contribution in [0.4, 0.5) is 5.69 Å². The maximum atomic E-state index is 11.2. The molecule has 0 bridgehead atoms. The van der Waals surface area contributed by atoms with E-state index in [0.29, 0.717) is 13.0 Å². The molecule has 4 nitrogen and oxygen atoms in total. The lowest BCUT2D eigenvalue weighted by atomic mass is 10.1. The van der Waals surface area contributed by atoms with Crippen LogP contribution in [0.3, 0.4) is 0 Å². The molecule has 90 valence electrons. The third-order valence-corrected chi connectivity index (χ3v) is 2.45. The Morgan fingerprint density at radius 1 is 1.47 bits per heavy atom. The number of nitrogens with one attached hydrogen (secondary N) is 1. The summed E-state index contributed by atoms with van der Waals surface area (Å²) in [5.74, 6) is -0.405. The molecular weight excluding hydrogens is 216 g/mol. The zero-order valence-corrected chi connectivity index (χ0v) is 10.1. The second kappa shape index (κ2) is 6.54.